The van der Waals surface area contributed by atoms with E-state index in [2.05, 4.69) is 30.5 Å². The molecule has 0 spiro atoms. The zero-order valence-corrected chi connectivity index (χ0v) is 20.8. The van der Waals surface area contributed by atoms with Crippen LogP contribution in [0.1, 0.15) is 18.9 Å². The normalized spacial score (nSPS) is 14.6. The minimum Gasteiger partial charge on any atom is -0.496 e. The molecule has 0 unspecified atom stereocenters. The van der Waals surface area contributed by atoms with Crippen LogP contribution in [0.15, 0.2) is 67.3 Å². The van der Waals surface area contributed by atoms with E-state index in [-0.39, 0.29) is 6.04 Å². The number of methoxy groups -OCH3 is 1. The first-order valence-electron chi connectivity index (χ1n) is 12.5. The fourth-order valence-electron chi connectivity index (χ4n) is 5.16. The van der Waals surface area contributed by atoms with Crippen LogP contribution in [0.2, 0.25) is 0 Å². The molecule has 0 amide bonds. The number of hydrogen-bond acceptors (Lipinski definition) is 7. The summed E-state index contributed by atoms with van der Waals surface area (Å²) in [5.74, 6) is 1.09. The van der Waals surface area contributed by atoms with E-state index in [0.29, 0.717) is 40.6 Å². The van der Waals surface area contributed by atoms with Gasteiger partial charge >= 0.3 is 0 Å². The highest BCUT2D eigenvalue weighted by Crippen LogP contribution is 2.39. The number of pyridine rings is 2. The third-order valence-corrected chi connectivity index (χ3v) is 7.06. The fraction of sp³-hybridized carbons (Fsp3) is 0.241. The first kappa shape index (κ1) is 23.8. The minimum atomic E-state index is -0.392. The molecule has 5 aromatic rings. The van der Waals surface area contributed by atoms with Crippen LogP contribution in [-0.4, -0.2) is 51.2 Å². The molecule has 1 saturated heterocycles. The van der Waals surface area contributed by atoms with Crippen LogP contribution in [0, 0.1) is 17.1 Å². The molecule has 0 radical (unpaired) electrons. The van der Waals surface area contributed by atoms with Crippen molar-refractivity contribution in [2.45, 2.75) is 18.9 Å². The van der Waals surface area contributed by atoms with Gasteiger partial charge in [0.15, 0.2) is 0 Å². The number of aromatic nitrogens is 4. The Morgan fingerprint density at radius 3 is 2.66 bits per heavy atom. The quantitative estimate of drug-likeness (QED) is 0.270. The van der Waals surface area contributed by atoms with Gasteiger partial charge in [-0.3, -0.25) is 9.88 Å². The lowest BCUT2D eigenvalue weighted by Crippen LogP contribution is -2.34. The molecule has 0 N–H and O–H groups in total. The highest BCUT2D eigenvalue weighted by atomic mass is 19.1. The van der Waals surface area contributed by atoms with E-state index in [0.717, 1.165) is 42.4 Å². The second kappa shape index (κ2) is 10.1. The Balaban J connectivity index is 1.41. The molecule has 38 heavy (non-hydrogen) atoms. The monoisotopic (exact) mass is 508 g/mol. The fourth-order valence-corrected chi connectivity index (χ4v) is 5.16. The van der Waals surface area contributed by atoms with Crippen molar-refractivity contribution in [1.82, 2.24) is 24.4 Å². The number of nitriles is 1. The summed E-state index contributed by atoms with van der Waals surface area (Å²) in [6.07, 6.45) is 7.03. The summed E-state index contributed by atoms with van der Waals surface area (Å²) in [6, 6.07) is 16.5. The van der Waals surface area contributed by atoms with E-state index >= 15 is 4.39 Å². The molecule has 190 valence electrons. The van der Waals surface area contributed by atoms with Gasteiger partial charge in [0.1, 0.15) is 22.8 Å². The van der Waals surface area contributed by atoms with Crippen LogP contribution in [0.4, 0.5) is 4.39 Å². The van der Waals surface area contributed by atoms with E-state index in [1.807, 2.05) is 24.5 Å². The number of nitrogens with zero attached hydrogens (tertiary/aromatic N) is 6. The number of fused-ring (bicyclic) bond motifs is 3. The maximum atomic E-state index is 15.5. The lowest BCUT2D eigenvalue weighted by Gasteiger charge is -2.31. The van der Waals surface area contributed by atoms with Gasteiger partial charge in [-0.2, -0.15) is 5.26 Å². The summed E-state index contributed by atoms with van der Waals surface area (Å²) in [4.78, 5) is 15.4. The Kier molecular flexibility index (Phi) is 6.32. The van der Waals surface area contributed by atoms with Crippen molar-refractivity contribution >= 4 is 21.9 Å². The van der Waals surface area contributed by atoms with Crippen molar-refractivity contribution in [1.29, 1.82) is 5.26 Å². The topological polar surface area (TPSA) is 89.1 Å². The SMILES string of the molecule is COc1cc(Oc2ccccn2)ccc1-c1cc2c(cc1F)ncc1ncn(C3CCN(CC#N)CC3)c12. The van der Waals surface area contributed by atoms with Gasteiger partial charge in [0.2, 0.25) is 5.88 Å². The summed E-state index contributed by atoms with van der Waals surface area (Å²) in [5, 5.41) is 9.85. The van der Waals surface area contributed by atoms with Crippen LogP contribution < -0.4 is 9.47 Å². The van der Waals surface area contributed by atoms with Crippen molar-refractivity contribution in [2.24, 2.45) is 0 Å². The van der Waals surface area contributed by atoms with E-state index in [4.69, 9.17) is 14.7 Å². The van der Waals surface area contributed by atoms with Crippen LogP contribution in [0.5, 0.6) is 17.4 Å². The smallest absolute Gasteiger partial charge is 0.219 e. The average molecular weight is 509 g/mol. The van der Waals surface area contributed by atoms with Crippen LogP contribution >= 0.6 is 0 Å². The zero-order valence-electron chi connectivity index (χ0n) is 20.8. The van der Waals surface area contributed by atoms with Crippen LogP contribution in [-0.2, 0) is 0 Å². The summed E-state index contributed by atoms with van der Waals surface area (Å²) in [6.45, 7) is 2.15. The molecule has 1 aliphatic heterocycles. The largest absolute Gasteiger partial charge is 0.496 e. The number of imidazole rings is 1. The Morgan fingerprint density at radius 2 is 1.89 bits per heavy atom. The predicted molar refractivity (Wildman–Crippen MR) is 142 cm³/mol. The van der Waals surface area contributed by atoms with Crippen molar-refractivity contribution in [3.63, 3.8) is 0 Å². The first-order chi connectivity index (χ1) is 18.6. The Labute approximate surface area is 218 Å². The predicted octanol–water partition coefficient (Wildman–Crippen LogP) is 5.75. The standard InChI is InChI=1S/C29H25FN6O2/c1-37-27-14-20(38-28-4-2-3-10-32-28)5-6-21(27)22-15-23-25(16-24(22)30)33-17-26-29(23)36(18-34-26)19-7-11-35(12-8-19)13-9-31/h2-6,10,14-19H,7-8,11-13H2,1H3. The van der Waals surface area contributed by atoms with Crippen molar-refractivity contribution in [2.75, 3.05) is 26.7 Å². The van der Waals surface area contributed by atoms with E-state index in [1.54, 1.807) is 43.8 Å². The molecular formula is C29H25FN6O2. The minimum absolute atomic E-state index is 0.242. The zero-order chi connectivity index (χ0) is 26.1. The molecule has 0 saturated carbocycles. The number of likely N-dealkylation sites (tertiary alicyclic amines) is 1. The molecule has 4 heterocycles. The summed E-state index contributed by atoms with van der Waals surface area (Å²) in [7, 11) is 1.55. The van der Waals surface area contributed by atoms with Gasteiger partial charge in [-0.1, -0.05) is 6.07 Å². The van der Waals surface area contributed by atoms with E-state index in [9.17, 15) is 0 Å². The maximum Gasteiger partial charge on any atom is 0.219 e. The Bertz CT molecular complexity index is 1660. The number of benzene rings is 2. The van der Waals surface area contributed by atoms with E-state index in [1.165, 1.54) is 6.07 Å². The number of halogens is 1. The number of piperidine rings is 1. The summed E-state index contributed by atoms with van der Waals surface area (Å²) in [5.41, 5.74) is 3.28. The molecule has 1 aliphatic rings. The third kappa shape index (κ3) is 4.40. The second-order valence-corrected chi connectivity index (χ2v) is 9.29. The molecule has 0 atom stereocenters. The van der Waals surface area contributed by atoms with Gasteiger partial charge in [0.25, 0.3) is 0 Å². The first-order valence-corrected chi connectivity index (χ1v) is 12.5. The molecule has 3 aromatic heterocycles. The third-order valence-electron chi connectivity index (χ3n) is 7.06. The number of ether oxygens (including phenoxy) is 2. The lowest BCUT2D eigenvalue weighted by molar-refractivity contribution is 0.207. The van der Waals surface area contributed by atoms with Gasteiger partial charge in [-0.25, -0.2) is 14.4 Å². The molecule has 0 bridgehead atoms. The summed E-state index contributed by atoms with van der Waals surface area (Å²) >= 11 is 0. The Morgan fingerprint density at radius 1 is 1.03 bits per heavy atom. The highest BCUT2D eigenvalue weighted by molar-refractivity contribution is 6.04. The average Bonchev–Trinajstić information content (AvgIpc) is 3.38. The number of hydrogen-bond donors (Lipinski definition) is 0. The molecule has 9 heteroatoms. The van der Waals surface area contributed by atoms with Crippen molar-refractivity contribution in [3.8, 4) is 34.6 Å². The van der Waals surface area contributed by atoms with Gasteiger partial charge in [-0.15, -0.1) is 0 Å². The molecule has 2 aromatic carbocycles. The van der Waals surface area contributed by atoms with Gasteiger partial charge in [0.05, 0.1) is 43.3 Å². The lowest BCUT2D eigenvalue weighted by atomic mass is 10.00. The van der Waals surface area contributed by atoms with Gasteiger partial charge in [0, 0.05) is 60.0 Å². The van der Waals surface area contributed by atoms with Crippen LogP contribution in [0.25, 0.3) is 33.1 Å². The molecule has 8 nitrogen and oxygen atoms in total. The van der Waals surface area contributed by atoms with Crippen molar-refractivity contribution < 1.29 is 13.9 Å². The van der Waals surface area contributed by atoms with Gasteiger partial charge < -0.3 is 14.0 Å². The Hall–Kier alpha value is -4.55. The highest BCUT2D eigenvalue weighted by Gasteiger charge is 2.23. The van der Waals surface area contributed by atoms with Crippen LogP contribution in [0.3, 0.4) is 0 Å². The molecule has 1 fully saturated rings. The summed E-state index contributed by atoms with van der Waals surface area (Å²) < 4.78 is 29.1. The number of rotatable bonds is 6. The van der Waals surface area contributed by atoms with Crippen molar-refractivity contribution in [3.05, 3.63) is 73.1 Å². The van der Waals surface area contributed by atoms with Gasteiger partial charge in [-0.05, 0) is 37.1 Å². The molecule has 6 rings (SSSR count). The second-order valence-electron chi connectivity index (χ2n) is 9.29. The molecular weight excluding hydrogens is 483 g/mol. The maximum absolute atomic E-state index is 15.5. The molecule has 0 aliphatic carbocycles. The van der Waals surface area contributed by atoms with E-state index < -0.39 is 5.82 Å².